The monoisotopic (exact) mass is 1450 g/mol. The van der Waals surface area contributed by atoms with Gasteiger partial charge in [-0.2, -0.15) is 0 Å². The molecule has 15 aromatic carbocycles. The highest BCUT2D eigenvalue weighted by atomic mass is 32.2. The number of hydrogen-bond donors (Lipinski definition) is 0. The molecule has 530 valence electrons. The highest BCUT2D eigenvalue weighted by Gasteiger charge is 2.51. The van der Waals surface area contributed by atoms with Crippen molar-refractivity contribution in [2.45, 2.75) is 99.2 Å². The number of para-hydroxylation sites is 4. The van der Waals surface area contributed by atoms with Gasteiger partial charge in [0.1, 0.15) is 0 Å². The average Bonchev–Trinajstić information content (AvgIpc) is 0.740. The van der Waals surface area contributed by atoms with Gasteiger partial charge in [-0.05, 0) is 172 Å². The summed E-state index contributed by atoms with van der Waals surface area (Å²) in [6.07, 6.45) is 0. The maximum Gasteiger partial charge on any atom is 0.249 e. The number of rotatable bonds is 9. The van der Waals surface area contributed by atoms with Crippen LogP contribution in [0.3, 0.4) is 0 Å². The first-order valence-electron chi connectivity index (χ1n) is 38.8. The largest absolute Gasteiger partial charge is 0.310 e. The molecule has 0 radical (unpaired) electrons. The fourth-order valence-corrected chi connectivity index (χ4v) is 21.5. The van der Waals surface area contributed by atoms with E-state index in [9.17, 15) is 0 Å². The van der Waals surface area contributed by atoms with Gasteiger partial charge >= 0.3 is 0 Å². The SMILES string of the molecule is CC(C)(C)c1cccc(-c2cc(C(C)(C)C)cc(-c3cccc(C(C)(C)C)c3)c2N2c3cc(N4c5ccccc5C(c5ccccc5)(c5ccccc5)c5ccccc54)ccc3B3c4ccc5sc6ccccc6c5c4Sc4cc(N5c6ccccc6C(c6ccccc6)(c6ccccc6)c6ccccc65)cc2c43)c1. The number of nitrogens with zero attached hydrogens (tertiary/aromatic N) is 3. The van der Waals surface area contributed by atoms with Crippen molar-refractivity contribution in [2.75, 3.05) is 14.7 Å². The van der Waals surface area contributed by atoms with E-state index in [4.69, 9.17) is 0 Å². The summed E-state index contributed by atoms with van der Waals surface area (Å²) in [5.74, 6) is 0. The Hall–Kier alpha value is -11.7. The van der Waals surface area contributed by atoms with Gasteiger partial charge in [-0.15, -0.1) is 11.3 Å². The molecule has 0 N–H and O–H groups in total. The summed E-state index contributed by atoms with van der Waals surface area (Å²) in [6.45, 7) is 21.1. The molecule has 0 atom stereocenters. The first kappa shape index (κ1) is 67.7. The summed E-state index contributed by atoms with van der Waals surface area (Å²) >= 11 is 3.88. The van der Waals surface area contributed by atoms with Gasteiger partial charge in [-0.3, -0.25) is 0 Å². The minimum Gasteiger partial charge on any atom is -0.310 e. The van der Waals surface area contributed by atoms with Crippen molar-refractivity contribution in [1.82, 2.24) is 0 Å². The molecule has 0 spiro atoms. The van der Waals surface area contributed by atoms with E-state index in [1.807, 2.05) is 23.1 Å². The van der Waals surface area contributed by atoms with Gasteiger partial charge in [-0.1, -0.05) is 353 Å². The van der Waals surface area contributed by atoms with Crippen LogP contribution >= 0.6 is 23.1 Å². The van der Waals surface area contributed by atoms with Gasteiger partial charge in [0.25, 0.3) is 0 Å². The topological polar surface area (TPSA) is 9.72 Å². The zero-order chi connectivity index (χ0) is 74.6. The molecule has 0 fully saturated rings. The lowest BCUT2D eigenvalue weighted by atomic mass is 9.34. The van der Waals surface area contributed by atoms with Gasteiger partial charge in [0.2, 0.25) is 6.71 Å². The first-order chi connectivity index (χ1) is 53.5. The highest BCUT2D eigenvalue weighted by Crippen LogP contribution is 2.62. The summed E-state index contributed by atoms with van der Waals surface area (Å²) in [4.78, 5) is 10.6. The van der Waals surface area contributed by atoms with Crippen LogP contribution in [-0.4, -0.2) is 6.71 Å². The Morgan fingerprint density at radius 3 is 1.17 bits per heavy atom. The number of anilines is 9. The van der Waals surface area contributed by atoms with E-state index < -0.39 is 10.8 Å². The van der Waals surface area contributed by atoms with E-state index in [0.29, 0.717) is 0 Å². The molecule has 0 unspecified atom stereocenters. The number of hydrogen-bond acceptors (Lipinski definition) is 5. The third-order valence-corrected chi connectivity index (χ3v) is 26.4. The van der Waals surface area contributed by atoms with Crippen LogP contribution in [0.25, 0.3) is 42.4 Å². The third kappa shape index (κ3) is 10.3. The lowest BCUT2D eigenvalue weighted by Gasteiger charge is -2.48. The molecule has 4 aliphatic heterocycles. The number of benzene rings is 15. The molecule has 1 aromatic heterocycles. The first-order valence-corrected chi connectivity index (χ1v) is 40.5. The molecule has 0 aliphatic carbocycles. The van der Waals surface area contributed by atoms with Gasteiger partial charge < -0.3 is 14.7 Å². The zero-order valence-corrected chi connectivity index (χ0v) is 65.3. The van der Waals surface area contributed by atoms with Crippen LogP contribution < -0.4 is 31.1 Å². The predicted molar refractivity (Wildman–Crippen MR) is 469 cm³/mol. The van der Waals surface area contributed by atoms with Crippen molar-refractivity contribution in [1.29, 1.82) is 0 Å². The van der Waals surface area contributed by atoms with Crippen LogP contribution in [0.1, 0.15) is 124 Å². The second-order valence-corrected chi connectivity index (χ2v) is 35.6. The Morgan fingerprint density at radius 2 is 0.709 bits per heavy atom. The smallest absolute Gasteiger partial charge is 0.249 e. The van der Waals surface area contributed by atoms with Crippen LogP contribution in [0.2, 0.25) is 0 Å². The van der Waals surface area contributed by atoms with E-state index in [2.05, 4.69) is 423 Å². The molecule has 4 aliphatic rings. The molecule has 20 rings (SSSR count). The second-order valence-electron chi connectivity index (χ2n) is 33.5. The van der Waals surface area contributed by atoms with Crippen molar-refractivity contribution in [3.63, 3.8) is 0 Å². The number of thiophene rings is 1. The average molecular weight is 1450 g/mol. The van der Waals surface area contributed by atoms with Crippen molar-refractivity contribution >= 4 is 118 Å². The normalized spacial score (nSPS) is 14.4. The maximum absolute atomic E-state index is 2.78. The van der Waals surface area contributed by atoms with Crippen LogP contribution in [0.4, 0.5) is 51.2 Å². The third-order valence-electron chi connectivity index (χ3n) is 24.1. The summed E-state index contributed by atoms with van der Waals surface area (Å²) in [5, 5.41) is 2.63. The van der Waals surface area contributed by atoms with Gasteiger partial charge in [0, 0.05) is 63.8 Å². The molecular formula is C104H84BN3S2. The van der Waals surface area contributed by atoms with Crippen LogP contribution in [-0.2, 0) is 27.1 Å². The Kier molecular flexibility index (Phi) is 15.7. The Labute approximate surface area is 655 Å². The van der Waals surface area contributed by atoms with E-state index >= 15 is 0 Å². The second kappa shape index (κ2) is 25.5. The van der Waals surface area contributed by atoms with Crippen molar-refractivity contribution in [2.24, 2.45) is 0 Å². The predicted octanol–water partition coefficient (Wildman–Crippen LogP) is 26.4. The summed E-state index contributed by atoms with van der Waals surface area (Å²) in [5.41, 5.74) is 30.5. The fourth-order valence-electron chi connectivity index (χ4n) is 18.9. The highest BCUT2D eigenvalue weighted by molar-refractivity contribution is 8.00. The maximum atomic E-state index is 2.78. The van der Waals surface area contributed by atoms with Crippen LogP contribution in [0.15, 0.2) is 356 Å². The molecular weight excluding hydrogens is 1370 g/mol. The lowest BCUT2D eigenvalue weighted by Crippen LogP contribution is -2.60. The van der Waals surface area contributed by atoms with Crippen LogP contribution in [0.5, 0.6) is 0 Å². The van der Waals surface area contributed by atoms with Gasteiger partial charge in [-0.25, -0.2) is 0 Å². The quantitative estimate of drug-likeness (QED) is 0.133. The molecule has 0 amide bonds. The van der Waals surface area contributed by atoms with Gasteiger partial charge in [0.05, 0.1) is 39.3 Å². The molecule has 0 saturated heterocycles. The Morgan fingerprint density at radius 1 is 0.300 bits per heavy atom. The lowest BCUT2D eigenvalue weighted by molar-refractivity contribution is 0.589. The molecule has 0 saturated carbocycles. The molecule has 110 heavy (non-hydrogen) atoms. The molecule has 6 heteroatoms. The van der Waals surface area contributed by atoms with Gasteiger partial charge in [0.15, 0.2) is 0 Å². The summed E-state index contributed by atoms with van der Waals surface area (Å²) in [7, 11) is 0. The molecule has 16 aromatic rings. The molecule has 3 nitrogen and oxygen atoms in total. The molecule has 5 heterocycles. The number of fused-ring (bicyclic) bond motifs is 12. The zero-order valence-electron chi connectivity index (χ0n) is 63.6. The standard InChI is InChI=1S/C104H84BN3S2/c1-100(2,3)73-44-32-34-67(60-73)79-62-75(102(7,8)9)63-80(68-35-33-45-74(61-68)101(4,5)6)98(79)108-91-64-76(106-87-51-27-23-47-81(87)103(69-36-14-10-15-37-69,70-38-16-11-17-39-70)82-48-24-28-52-88(82)106)56-57-85(91)105-86-58-59-94-96(78-46-22-31-55-93(78)109-94)99(86)110-95-66-77(65-92(108)97(95)105)107-89-53-29-25-49-83(89)104(71-40-18-12-19-41-71,72-42-20-13-21-43-72)84-50-26-30-54-90(84)107/h10-66H,1-9H3. The van der Waals surface area contributed by atoms with E-state index in [0.717, 1.165) is 51.2 Å². The van der Waals surface area contributed by atoms with E-state index in [1.165, 1.54) is 130 Å². The minimum absolute atomic E-state index is 0.141. The van der Waals surface area contributed by atoms with Crippen molar-refractivity contribution in [3.8, 4) is 22.3 Å². The van der Waals surface area contributed by atoms with E-state index in [1.54, 1.807) is 0 Å². The van der Waals surface area contributed by atoms with Crippen molar-refractivity contribution in [3.05, 3.63) is 407 Å². The Balaban J connectivity index is 0.945. The minimum atomic E-state index is -0.671. The molecule has 0 bridgehead atoms. The van der Waals surface area contributed by atoms with E-state index in [-0.39, 0.29) is 23.0 Å². The summed E-state index contributed by atoms with van der Waals surface area (Å²) in [6, 6.07) is 133. The Bertz CT molecular complexity index is 6100. The summed E-state index contributed by atoms with van der Waals surface area (Å²) < 4.78 is 2.60. The van der Waals surface area contributed by atoms with Crippen LogP contribution in [0, 0.1) is 0 Å². The fraction of sp³-hybridized carbons (Fsp3) is 0.135. The van der Waals surface area contributed by atoms with Crippen molar-refractivity contribution < 1.29 is 0 Å².